The van der Waals surface area contributed by atoms with Crippen LogP contribution in [0.4, 0.5) is 0 Å². The van der Waals surface area contributed by atoms with Crippen LogP contribution in [0, 0.1) is 11.8 Å². The number of nitrogens with zero attached hydrogens (tertiary/aromatic N) is 4. The lowest BCUT2D eigenvalue weighted by Crippen LogP contribution is -2.63. The van der Waals surface area contributed by atoms with E-state index in [1.165, 1.54) is 12.1 Å². The van der Waals surface area contributed by atoms with Crippen LogP contribution in [0.25, 0.3) is 10.9 Å². The van der Waals surface area contributed by atoms with E-state index in [0.29, 0.717) is 31.2 Å². The molecule has 2 aliphatic heterocycles. The maximum atomic E-state index is 14.3. The number of carbonyl (C=O) groups excluding carboxylic acids is 1. The van der Waals surface area contributed by atoms with Gasteiger partial charge in [0, 0.05) is 56.9 Å². The number of hydrogen-bond acceptors (Lipinski definition) is 5. The van der Waals surface area contributed by atoms with Crippen LogP contribution in [0.5, 0.6) is 0 Å². The number of piperazine rings is 1. The van der Waals surface area contributed by atoms with Crippen LogP contribution in [0.1, 0.15) is 64.4 Å². The molecule has 2 fully saturated rings. The molecule has 1 aromatic carbocycles. The molecule has 5 rings (SSSR count). The van der Waals surface area contributed by atoms with Crippen molar-refractivity contribution in [2.24, 2.45) is 18.9 Å². The summed E-state index contributed by atoms with van der Waals surface area (Å²) in [5, 5.41) is 1.02. The Hall–Kier alpha value is -3.06. The van der Waals surface area contributed by atoms with Crippen LogP contribution in [-0.2, 0) is 23.1 Å². The summed E-state index contributed by atoms with van der Waals surface area (Å²) < 4.78 is 7.82. The number of ether oxygens (including phenoxy) is 1. The zero-order valence-corrected chi connectivity index (χ0v) is 25.3. The standard InChI is InChI=1S/C34H48N4O3/c1-26(2)27(3)36-17-19-38(20-18-36)34(16-10-11-21-41-25-34)24-37(33(40)28-12-6-5-7-13-28)23-30-22-29-14-8-9-15-31(29)35(4)32(30)39/h8-9,11,14-15,21-22,26,28H,3,5-7,10,12-13,16-20,23-25H2,1-2,4H3. The highest BCUT2D eigenvalue weighted by atomic mass is 16.5. The molecular weight excluding hydrogens is 512 g/mol. The number of aromatic nitrogens is 1. The fourth-order valence-electron chi connectivity index (χ4n) is 7.05. The SMILES string of the molecule is C=C(C(C)C)N1CCN(C2(CN(Cc3cc4ccccc4n(C)c3=O)C(=O)C3CCCCC3)CCC=COC2)CC1. The average Bonchev–Trinajstić information content (AvgIpc) is 3.25. The maximum Gasteiger partial charge on any atom is 0.255 e. The third kappa shape index (κ3) is 6.40. The Morgan fingerprint density at radius 2 is 1.85 bits per heavy atom. The lowest BCUT2D eigenvalue weighted by molar-refractivity contribution is -0.141. The summed E-state index contributed by atoms with van der Waals surface area (Å²) in [5.74, 6) is 0.651. The van der Waals surface area contributed by atoms with E-state index in [1.54, 1.807) is 4.57 Å². The molecule has 1 amide bonds. The largest absolute Gasteiger partial charge is 0.500 e. The summed E-state index contributed by atoms with van der Waals surface area (Å²) in [7, 11) is 1.83. The van der Waals surface area contributed by atoms with Gasteiger partial charge in [-0.25, -0.2) is 0 Å². The van der Waals surface area contributed by atoms with E-state index in [9.17, 15) is 9.59 Å². The minimum atomic E-state index is -0.318. The van der Waals surface area contributed by atoms with Crippen LogP contribution in [0.2, 0.25) is 0 Å². The Balaban J connectivity index is 1.46. The molecule has 1 atom stereocenters. The van der Waals surface area contributed by atoms with Gasteiger partial charge >= 0.3 is 0 Å². The molecule has 7 nitrogen and oxygen atoms in total. The smallest absolute Gasteiger partial charge is 0.255 e. The third-order valence-corrected chi connectivity index (χ3v) is 9.66. The van der Waals surface area contributed by atoms with Crippen LogP contribution in [-0.4, -0.2) is 70.0 Å². The molecule has 1 saturated carbocycles. The Morgan fingerprint density at radius 1 is 1.12 bits per heavy atom. The number of rotatable bonds is 8. The predicted octanol–water partition coefficient (Wildman–Crippen LogP) is 5.30. The monoisotopic (exact) mass is 560 g/mol. The minimum absolute atomic E-state index is 0.0288. The van der Waals surface area contributed by atoms with E-state index in [2.05, 4.69) is 36.3 Å². The van der Waals surface area contributed by atoms with Crippen molar-refractivity contribution in [3.8, 4) is 0 Å². The van der Waals surface area contributed by atoms with Gasteiger partial charge < -0.3 is 19.1 Å². The molecule has 3 aliphatic rings. The molecule has 3 heterocycles. The third-order valence-electron chi connectivity index (χ3n) is 9.66. The van der Waals surface area contributed by atoms with Gasteiger partial charge in [-0.3, -0.25) is 14.5 Å². The Morgan fingerprint density at radius 3 is 2.59 bits per heavy atom. The van der Waals surface area contributed by atoms with Gasteiger partial charge in [-0.2, -0.15) is 0 Å². The molecule has 0 bridgehead atoms. The summed E-state index contributed by atoms with van der Waals surface area (Å²) in [6.07, 6.45) is 11.0. The molecule has 41 heavy (non-hydrogen) atoms. The van der Waals surface area contributed by atoms with Crippen molar-refractivity contribution < 1.29 is 9.53 Å². The Labute approximate surface area is 245 Å². The van der Waals surface area contributed by atoms with E-state index in [0.717, 1.165) is 75.6 Å². The van der Waals surface area contributed by atoms with Gasteiger partial charge in [0.2, 0.25) is 5.91 Å². The summed E-state index contributed by atoms with van der Waals surface area (Å²) in [5.41, 5.74) is 2.43. The van der Waals surface area contributed by atoms with Crippen LogP contribution in [0.3, 0.4) is 0 Å². The number of aryl methyl sites for hydroxylation is 1. The number of pyridine rings is 1. The van der Waals surface area contributed by atoms with Crippen LogP contribution >= 0.6 is 0 Å². The summed E-state index contributed by atoms with van der Waals surface area (Å²) in [6.45, 7) is 13.8. The number of hydrogen-bond donors (Lipinski definition) is 0. The molecule has 2 aromatic rings. The second kappa shape index (κ2) is 12.8. The molecule has 1 saturated heterocycles. The van der Waals surface area contributed by atoms with E-state index < -0.39 is 0 Å². The fraction of sp³-hybridized carbons (Fsp3) is 0.588. The summed E-state index contributed by atoms with van der Waals surface area (Å²) in [4.78, 5) is 34.8. The number of amides is 1. The van der Waals surface area contributed by atoms with Crippen molar-refractivity contribution in [3.63, 3.8) is 0 Å². The topological polar surface area (TPSA) is 58.0 Å². The first-order valence-electron chi connectivity index (χ1n) is 15.6. The predicted molar refractivity (Wildman–Crippen MR) is 165 cm³/mol. The van der Waals surface area contributed by atoms with Gasteiger partial charge in [-0.1, -0.05) is 57.9 Å². The maximum absolute atomic E-state index is 14.3. The Kier molecular flexibility index (Phi) is 9.22. The van der Waals surface area contributed by atoms with Crippen molar-refractivity contribution in [2.75, 3.05) is 39.3 Å². The van der Waals surface area contributed by atoms with Gasteiger partial charge in [-0.15, -0.1) is 0 Å². The highest BCUT2D eigenvalue weighted by Gasteiger charge is 2.43. The molecule has 7 heteroatoms. The molecule has 1 aliphatic carbocycles. The van der Waals surface area contributed by atoms with E-state index >= 15 is 0 Å². The van der Waals surface area contributed by atoms with Crippen molar-refractivity contribution in [2.45, 2.75) is 70.9 Å². The first kappa shape index (κ1) is 29.4. The van der Waals surface area contributed by atoms with E-state index in [1.807, 2.05) is 48.5 Å². The second-order valence-corrected chi connectivity index (χ2v) is 12.7. The number of allylic oxidation sites excluding steroid dienone is 2. The number of fused-ring (bicyclic) bond motifs is 1. The molecule has 1 aromatic heterocycles. The lowest BCUT2D eigenvalue weighted by atomic mass is 9.86. The number of carbonyl (C=O) groups is 1. The van der Waals surface area contributed by atoms with Gasteiger partial charge in [0.1, 0.15) is 6.61 Å². The molecular formula is C34H48N4O3. The fourth-order valence-corrected chi connectivity index (χ4v) is 7.05. The zero-order chi connectivity index (χ0) is 29.0. The normalized spacial score (nSPS) is 22.5. The van der Waals surface area contributed by atoms with Gasteiger partial charge in [0.15, 0.2) is 0 Å². The summed E-state index contributed by atoms with van der Waals surface area (Å²) >= 11 is 0. The van der Waals surface area contributed by atoms with Crippen LogP contribution in [0.15, 0.2) is 59.7 Å². The van der Waals surface area contributed by atoms with Gasteiger partial charge in [-0.05, 0) is 55.2 Å². The van der Waals surface area contributed by atoms with Crippen molar-refractivity contribution in [1.82, 2.24) is 19.3 Å². The lowest BCUT2D eigenvalue weighted by Gasteiger charge is -2.50. The van der Waals surface area contributed by atoms with E-state index in [-0.39, 0.29) is 22.9 Å². The Bertz CT molecular complexity index is 1300. The van der Waals surface area contributed by atoms with Gasteiger partial charge in [0.25, 0.3) is 5.56 Å². The highest BCUT2D eigenvalue weighted by Crippen LogP contribution is 2.32. The van der Waals surface area contributed by atoms with Crippen molar-refractivity contribution >= 4 is 16.8 Å². The summed E-state index contributed by atoms with van der Waals surface area (Å²) in [6, 6.07) is 9.97. The van der Waals surface area contributed by atoms with Crippen molar-refractivity contribution in [1.29, 1.82) is 0 Å². The molecule has 222 valence electrons. The average molecular weight is 561 g/mol. The van der Waals surface area contributed by atoms with Crippen LogP contribution < -0.4 is 5.56 Å². The van der Waals surface area contributed by atoms with Gasteiger partial charge in [0.05, 0.1) is 23.9 Å². The first-order chi connectivity index (χ1) is 19.8. The quantitative estimate of drug-likeness (QED) is 0.439. The molecule has 0 N–H and O–H groups in total. The van der Waals surface area contributed by atoms with Crippen molar-refractivity contribution in [3.05, 3.63) is 70.9 Å². The second-order valence-electron chi connectivity index (χ2n) is 12.7. The van der Waals surface area contributed by atoms with E-state index in [4.69, 9.17) is 4.74 Å². The molecule has 1 unspecified atom stereocenters. The molecule has 0 radical (unpaired) electrons. The zero-order valence-electron chi connectivity index (χ0n) is 25.3. The first-order valence-corrected chi connectivity index (χ1v) is 15.6. The molecule has 0 spiro atoms. The number of para-hydroxylation sites is 1. The minimum Gasteiger partial charge on any atom is -0.500 e. The highest BCUT2D eigenvalue weighted by molar-refractivity contribution is 5.81. The number of benzene rings is 1.